The normalized spacial score (nSPS) is 15.5. The molecule has 1 fully saturated rings. The molecule has 1 aliphatic heterocycles. The first kappa shape index (κ1) is 20.4. The summed E-state index contributed by atoms with van der Waals surface area (Å²) in [6, 6.07) is 11.3. The number of amides is 2. The van der Waals surface area contributed by atoms with Crippen LogP contribution in [0.1, 0.15) is 30.9 Å². The van der Waals surface area contributed by atoms with Crippen molar-refractivity contribution in [1.29, 1.82) is 0 Å². The van der Waals surface area contributed by atoms with Crippen LogP contribution in [-0.4, -0.2) is 22.6 Å². The molecular weight excluding hydrogens is 401 g/mol. The van der Waals surface area contributed by atoms with Crippen LogP contribution in [-0.2, 0) is 11.4 Å². The van der Waals surface area contributed by atoms with E-state index in [4.69, 9.17) is 16.3 Å². The molecule has 0 spiro atoms. The van der Waals surface area contributed by atoms with Crippen LogP contribution in [0.15, 0.2) is 47.4 Å². The summed E-state index contributed by atoms with van der Waals surface area (Å²) >= 11 is 7.21. The second kappa shape index (κ2) is 9.26. The second-order valence-electron chi connectivity index (χ2n) is 6.30. The number of unbranched alkanes of at least 4 members (excludes halogenated alkanes) is 1. The van der Waals surface area contributed by atoms with Gasteiger partial charge in [-0.3, -0.25) is 14.5 Å². The molecule has 1 aliphatic rings. The Morgan fingerprint density at radius 1 is 1.21 bits per heavy atom. The maximum absolute atomic E-state index is 13.2. The third-order valence-corrected chi connectivity index (χ3v) is 5.35. The Kier molecular flexibility index (Phi) is 6.75. The van der Waals surface area contributed by atoms with Crippen molar-refractivity contribution < 1.29 is 18.7 Å². The highest BCUT2D eigenvalue weighted by molar-refractivity contribution is 8.18. The molecule has 2 amide bonds. The highest BCUT2D eigenvalue weighted by atomic mass is 35.5. The number of rotatable bonds is 7. The van der Waals surface area contributed by atoms with E-state index in [2.05, 4.69) is 0 Å². The SMILES string of the molecule is CCCCN1C(=O)S/C(=C\c2ccc(OCc3cccc(F)c3)c(Cl)c2)C1=O. The van der Waals surface area contributed by atoms with Crippen molar-refractivity contribution in [3.63, 3.8) is 0 Å². The van der Waals surface area contributed by atoms with Crippen LogP contribution in [0, 0.1) is 5.82 Å². The van der Waals surface area contributed by atoms with Crippen molar-refractivity contribution in [2.75, 3.05) is 6.54 Å². The molecule has 2 aromatic carbocycles. The van der Waals surface area contributed by atoms with E-state index in [0.717, 1.165) is 24.6 Å². The molecule has 0 radical (unpaired) electrons. The molecule has 0 bridgehead atoms. The number of hydrogen-bond donors (Lipinski definition) is 0. The van der Waals surface area contributed by atoms with Crippen LogP contribution in [0.2, 0.25) is 5.02 Å². The lowest BCUT2D eigenvalue weighted by Crippen LogP contribution is -2.29. The molecule has 0 N–H and O–H groups in total. The first-order chi connectivity index (χ1) is 13.5. The number of imide groups is 1. The standard InChI is InChI=1S/C21H19ClFNO3S/c1-2-3-9-24-20(25)19(28-21(24)26)12-14-7-8-18(17(22)11-14)27-13-15-5-4-6-16(23)10-15/h4-8,10-12H,2-3,9,13H2,1H3/b19-12-. The zero-order valence-corrected chi connectivity index (χ0v) is 16.9. The van der Waals surface area contributed by atoms with Gasteiger partial charge in [0.05, 0.1) is 9.93 Å². The lowest BCUT2D eigenvalue weighted by atomic mass is 10.2. The van der Waals surface area contributed by atoms with Gasteiger partial charge < -0.3 is 4.74 Å². The van der Waals surface area contributed by atoms with E-state index >= 15 is 0 Å². The minimum atomic E-state index is -0.324. The van der Waals surface area contributed by atoms with Gasteiger partial charge in [-0.05, 0) is 59.7 Å². The molecule has 0 atom stereocenters. The zero-order valence-electron chi connectivity index (χ0n) is 15.3. The Morgan fingerprint density at radius 2 is 2.04 bits per heavy atom. The molecule has 2 aromatic rings. The van der Waals surface area contributed by atoms with Gasteiger partial charge in [-0.1, -0.05) is 43.1 Å². The highest BCUT2D eigenvalue weighted by Gasteiger charge is 2.34. The first-order valence-electron chi connectivity index (χ1n) is 8.90. The van der Waals surface area contributed by atoms with Gasteiger partial charge in [0.25, 0.3) is 11.1 Å². The Morgan fingerprint density at radius 3 is 2.75 bits per heavy atom. The Labute approximate surface area is 172 Å². The largest absolute Gasteiger partial charge is 0.487 e. The van der Waals surface area contributed by atoms with E-state index in [1.165, 1.54) is 17.0 Å². The molecule has 3 rings (SSSR count). The van der Waals surface area contributed by atoms with E-state index in [1.807, 2.05) is 6.92 Å². The van der Waals surface area contributed by atoms with Crippen molar-refractivity contribution in [2.45, 2.75) is 26.4 Å². The van der Waals surface area contributed by atoms with Gasteiger partial charge in [0.15, 0.2) is 0 Å². The maximum Gasteiger partial charge on any atom is 0.293 e. The smallest absolute Gasteiger partial charge is 0.293 e. The average molecular weight is 420 g/mol. The predicted octanol–water partition coefficient (Wildman–Crippen LogP) is 5.89. The Bertz CT molecular complexity index is 932. The molecule has 7 heteroatoms. The molecule has 0 unspecified atom stereocenters. The van der Waals surface area contributed by atoms with Gasteiger partial charge in [0.2, 0.25) is 0 Å². The minimum absolute atomic E-state index is 0.188. The maximum atomic E-state index is 13.2. The second-order valence-corrected chi connectivity index (χ2v) is 7.70. The van der Waals surface area contributed by atoms with Crippen LogP contribution >= 0.6 is 23.4 Å². The number of nitrogens with zero attached hydrogens (tertiary/aromatic N) is 1. The fourth-order valence-electron chi connectivity index (χ4n) is 2.67. The van der Waals surface area contributed by atoms with Gasteiger partial charge in [-0.25, -0.2) is 4.39 Å². The van der Waals surface area contributed by atoms with Gasteiger partial charge in [-0.2, -0.15) is 0 Å². The lowest BCUT2D eigenvalue weighted by Gasteiger charge is -2.11. The fraction of sp³-hybridized carbons (Fsp3) is 0.238. The highest BCUT2D eigenvalue weighted by Crippen LogP contribution is 2.34. The third kappa shape index (κ3) is 4.94. The number of ether oxygens (including phenoxy) is 1. The van der Waals surface area contributed by atoms with Gasteiger partial charge in [0, 0.05) is 6.54 Å². The summed E-state index contributed by atoms with van der Waals surface area (Å²) in [6.45, 7) is 2.63. The summed E-state index contributed by atoms with van der Waals surface area (Å²) in [5, 5.41) is 0.126. The number of hydrogen-bond acceptors (Lipinski definition) is 4. The third-order valence-electron chi connectivity index (χ3n) is 4.15. The first-order valence-corrected chi connectivity index (χ1v) is 10.1. The quantitative estimate of drug-likeness (QED) is 0.524. The molecule has 4 nitrogen and oxygen atoms in total. The van der Waals surface area contributed by atoms with Gasteiger partial charge in [0.1, 0.15) is 18.2 Å². The molecule has 146 valence electrons. The van der Waals surface area contributed by atoms with Crippen molar-refractivity contribution in [1.82, 2.24) is 4.90 Å². The summed E-state index contributed by atoms with van der Waals surface area (Å²) < 4.78 is 18.9. The molecule has 1 heterocycles. The fourth-order valence-corrected chi connectivity index (χ4v) is 3.78. The van der Waals surface area contributed by atoms with E-state index in [-0.39, 0.29) is 23.6 Å². The zero-order chi connectivity index (χ0) is 20.1. The van der Waals surface area contributed by atoms with Crippen molar-refractivity contribution in [3.8, 4) is 5.75 Å². The topological polar surface area (TPSA) is 46.6 Å². The number of benzene rings is 2. The van der Waals surface area contributed by atoms with E-state index < -0.39 is 0 Å². The molecular formula is C21H19ClFNO3S. The van der Waals surface area contributed by atoms with E-state index in [0.29, 0.717) is 33.3 Å². The van der Waals surface area contributed by atoms with E-state index in [9.17, 15) is 14.0 Å². The summed E-state index contributed by atoms with van der Waals surface area (Å²) in [5.74, 6) is -0.138. The summed E-state index contributed by atoms with van der Waals surface area (Å²) in [5.41, 5.74) is 1.39. The minimum Gasteiger partial charge on any atom is -0.487 e. The number of carbonyl (C=O) groups is 2. The monoisotopic (exact) mass is 419 g/mol. The van der Waals surface area contributed by atoms with Crippen LogP contribution in [0.4, 0.5) is 9.18 Å². The number of carbonyl (C=O) groups excluding carboxylic acids is 2. The lowest BCUT2D eigenvalue weighted by molar-refractivity contribution is -0.122. The van der Waals surface area contributed by atoms with Crippen molar-refractivity contribution in [3.05, 3.63) is 69.3 Å². The Balaban J connectivity index is 1.69. The number of thioether (sulfide) groups is 1. The molecule has 0 saturated carbocycles. The van der Waals surface area contributed by atoms with Crippen molar-refractivity contribution >= 4 is 40.6 Å². The van der Waals surface area contributed by atoms with Crippen LogP contribution in [0.5, 0.6) is 5.75 Å². The molecule has 0 aliphatic carbocycles. The van der Waals surface area contributed by atoms with Crippen LogP contribution in [0.25, 0.3) is 6.08 Å². The van der Waals surface area contributed by atoms with Crippen molar-refractivity contribution in [2.24, 2.45) is 0 Å². The Hall–Kier alpha value is -2.31. The van der Waals surface area contributed by atoms with Crippen LogP contribution in [0.3, 0.4) is 0 Å². The number of halogens is 2. The average Bonchev–Trinajstić information content (AvgIpc) is 2.92. The summed E-state index contributed by atoms with van der Waals surface area (Å²) in [7, 11) is 0. The summed E-state index contributed by atoms with van der Waals surface area (Å²) in [6.07, 6.45) is 3.35. The van der Waals surface area contributed by atoms with Gasteiger partial charge >= 0.3 is 0 Å². The van der Waals surface area contributed by atoms with Crippen LogP contribution < -0.4 is 4.74 Å². The van der Waals surface area contributed by atoms with E-state index in [1.54, 1.807) is 36.4 Å². The molecule has 1 saturated heterocycles. The predicted molar refractivity (Wildman–Crippen MR) is 110 cm³/mol. The molecule has 0 aromatic heterocycles. The summed E-state index contributed by atoms with van der Waals surface area (Å²) in [4.78, 5) is 26.1. The molecule has 28 heavy (non-hydrogen) atoms. The van der Waals surface area contributed by atoms with Gasteiger partial charge in [-0.15, -0.1) is 0 Å².